The number of alkyl carbamates (subject to hydrolysis) is 1. The lowest BCUT2D eigenvalue weighted by Gasteiger charge is -2.34. The first kappa shape index (κ1) is 30.6. The number of hydrogen-bond acceptors (Lipinski definition) is 8. The smallest absolute Gasteiger partial charge is 0.409 e. The Kier molecular flexibility index (Phi) is 9.20. The first-order valence-electron chi connectivity index (χ1n) is 14.7. The number of carbonyl (C=O) groups is 4. The summed E-state index contributed by atoms with van der Waals surface area (Å²) in [6.07, 6.45) is -1.14. The number of nitrogens with zero attached hydrogens (tertiary/aromatic N) is 2. The lowest BCUT2D eigenvalue weighted by Crippen LogP contribution is -2.59. The molecule has 0 aromatic heterocycles. The zero-order chi connectivity index (χ0) is 31.3. The molecule has 2 N–H and O–H groups in total. The molecule has 0 radical (unpaired) electrons. The van der Waals surface area contributed by atoms with Crippen molar-refractivity contribution in [3.8, 4) is 0 Å². The van der Waals surface area contributed by atoms with Gasteiger partial charge in [0.15, 0.2) is 11.8 Å². The first-order valence-corrected chi connectivity index (χ1v) is 14.7. The van der Waals surface area contributed by atoms with Crippen molar-refractivity contribution >= 4 is 35.2 Å². The van der Waals surface area contributed by atoms with Crippen molar-refractivity contribution in [2.45, 2.75) is 64.1 Å². The van der Waals surface area contributed by atoms with E-state index in [0.29, 0.717) is 35.5 Å². The normalized spacial score (nSPS) is 18.8. The predicted molar refractivity (Wildman–Crippen MR) is 165 cm³/mol. The van der Waals surface area contributed by atoms with Crippen LogP contribution < -0.4 is 15.5 Å². The summed E-state index contributed by atoms with van der Waals surface area (Å²) in [7, 11) is 0. The molecule has 2 heterocycles. The summed E-state index contributed by atoms with van der Waals surface area (Å²) < 4.78 is 11.1. The predicted octanol–water partition coefficient (Wildman–Crippen LogP) is 4.15. The van der Waals surface area contributed by atoms with Crippen LogP contribution in [0.3, 0.4) is 0 Å². The number of aliphatic imine (C=N–C) groups is 1. The van der Waals surface area contributed by atoms with E-state index in [1.165, 1.54) is 0 Å². The number of Topliss-reactive ketones (excluding diaryl/α,β-unsaturated/α-hetero) is 1. The fourth-order valence-corrected chi connectivity index (χ4v) is 5.28. The van der Waals surface area contributed by atoms with Gasteiger partial charge in [-0.1, -0.05) is 78.9 Å². The highest BCUT2D eigenvalue weighted by atomic mass is 16.6. The Morgan fingerprint density at radius 3 is 2.30 bits per heavy atom. The molecule has 10 nitrogen and oxygen atoms in total. The van der Waals surface area contributed by atoms with Crippen molar-refractivity contribution < 1.29 is 28.7 Å². The number of ketones is 1. The van der Waals surface area contributed by atoms with Gasteiger partial charge in [-0.25, -0.2) is 14.6 Å². The molecule has 0 saturated carbocycles. The second-order valence-electron chi connectivity index (χ2n) is 11.7. The van der Waals surface area contributed by atoms with Gasteiger partial charge in [-0.05, 0) is 51.8 Å². The molecule has 3 aromatic carbocycles. The molecule has 0 bridgehead atoms. The van der Waals surface area contributed by atoms with Gasteiger partial charge < -0.3 is 14.8 Å². The fourth-order valence-electron chi connectivity index (χ4n) is 5.28. The summed E-state index contributed by atoms with van der Waals surface area (Å²) >= 11 is 0. The number of rotatable bonds is 8. The number of carbonyl (C=O) groups excluding carboxylic acids is 4. The third kappa shape index (κ3) is 7.03. The number of nitrogens with one attached hydrogen (secondary N) is 2. The molecule has 3 atom stereocenters. The van der Waals surface area contributed by atoms with Gasteiger partial charge in [0.05, 0.1) is 17.4 Å². The fraction of sp³-hybridized carbons (Fsp3) is 0.324. The number of benzene rings is 3. The van der Waals surface area contributed by atoms with E-state index in [0.717, 1.165) is 16.9 Å². The number of esters is 1. The standard InChI is InChI=1S/C34H36N4O6/c1-34(2,3)44-32(41)28(29(39)25-18-12-20-35-25)38-26-19-11-10-17-24(26)27(23-15-8-5-9-16-23)36-30(31(38)40)37-33(42)43-21-22-13-6-4-7-14-22/h4-11,13-17,19,25,28,30,35H,12,18,20-21H2,1-3H3,(H,37,42)/t25-,28?,30?/m1/s1. The molecule has 1 saturated heterocycles. The molecule has 2 unspecified atom stereocenters. The maximum atomic E-state index is 14.5. The summed E-state index contributed by atoms with van der Waals surface area (Å²) in [4.78, 5) is 61.3. The Bertz CT molecular complexity index is 1540. The number of hydrogen-bond donors (Lipinski definition) is 2. The number of benzodiazepines with no additional fused rings is 1. The van der Waals surface area contributed by atoms with Gasteiger partial charge >= 0.3 is 12.1 Å². The topological polar surface area (TPSA) is 126 Å². The van der Waals surface area contributed by atoms with E-state index in [1.807, 2.05) is 60.7 Å². The third-order valence-corrected chi connectivity index (χ3v) is 7.22. The van der Waals surface area contributed by atoms with Crippen molar-refractivity contribution in [3.05, 3.63) is 102 Å². The van der Waals surface area contributed by atoms with Crippen molar-refractivity contribution in [2.75, 3.05) is 11.4 Å². The van der Waals surface area contributed by atoms with Gasteiger partial charge in [0.1, 0.15) is 12.2 Å². The van der Waals surface area contributed by atoms with Crippen LogP contribution in [0.5, 0.6) is 0 Å². The molecule has 0 aliphatic carbocycles. The number of ether oxygens (including phenoxy) is 2. The maximum absolute atomic E-state index is 14.5. The second-order valence-corrected chi connectivity index (χ2v) is 11.7. The number of anilines is 1. The zero-order valence-corrected chi connectivity index (χ0v) is 25.0. The highest BCUT2D eigenvalue weighted by Crippen LogP contribution is 2.32. The van der Waals surface area contributed by atoms with Crippen molar-refractivity contribution in [3.63, 3.8) is 0 Å². The van der Waals surface area contributed by atoms with E-state index in [-0.39, 0.29) is 6.61 Å². The zero-order valence-electron chi connectivity index (χ0n) is 25.0. The number of para-hydroxylation sites is 1. The SMILES string of the molecule is CC(C)(C)OC(=O)C(C(=O)[C@H]1CCCN1)N1C(=O)C(NC(=O)OCc2ccccc2)N=C(c2ccccc2)c2ccccc21. The summed E-state index contributed by atoms with van der Waals surface area (Å²) in [5.41, 5.74) is 1.71. The molecule has 44 heavy (non-hydrogen) atoms. The minimum absolute atomic E-state index is 0.0286. The number of fused-ring (bicyclic) bond motifs is 1. The molecule has 228 valence electrons. The van der Waals surface area contributed by atoms with E-state index in [4.69, 9.17) is 14.5 Å². The lowest BCUT2D eigenvalue weighted by molar-refractivity contribution is -0.159. The molecule has 2 amide bonds. The maximum Gasteiger partial charge on any atom is 0.409 e. The third-order valence-electron chi connectivity index (χ3n) is 7.22. The van der Waals surface area contributed by atoms with Crippen LogP contribution in [0.2, 0.25) is 0 Å². The van der Waals surface area contributed by atoms with E-state index < -0.39 is 47.6 Å². The molecule has 0 spiro atoms. The molecule has 2 aliphatic heterocycles. The summed E-state index contributed by atoms with van der Waals surface area (Å²) in [6, 6.07) is 22.9. The molecule has 2 aliphatic rings. The quantitative estimate of drug-likeness (QED) is 0.296. The Morgan fingerprint density at radius 2 is 1.64 bits per heavy atom. The van der Waals surface area contributed by atoms with Crippen LogP contribution in [0, 0.1) is 0 Å². The first-order chi connectivity index (χ1) is 21.1. The van der Waals surface area contributed by atoms with Crippen LogP contribution in [-0.2, 0) is 30.5 Å². The van der Waals surface area contributed by atoms with Gasteiger partial charge in [0, 0.05) is 11.1 Å². The Morgan fingerprint density at radius 1 is 0.977 bits per heavy atom. The van der Waals surface area contributed by atoms with Crippen LogP contribution in [0.15, 0.2) is 89.9 Å². The average molecular weight is 597 g/mol. The van der Waals surface area contributed by atoms with Gasteiger partial charge in [-0.2, -0.15) is 0 Å². The van der Waals surface area contributed by atoms with Crippen molar-refractivity contribution in [2.24, 2.45) is 4.99 Å². The number of amides is 2. The molecule has 3 aromatic rings. The van der Waals surface area contributed by atoms with Gasteiger partial charge in [0.25, 0.3) is 5.91 Å². The van der Waals surface area contributed by atoms with E-state index >= 15 is 0 Å². The van der Waals surface area contributed by atoms with Crippen molar-refractivity contribution in [1.29, 1.82) is 0 Å². The van der Waals surface area contributed by atoms with Crippen LogP contribution in [0.25, 0.3) is 0 Å². The van der Waals surface area contributed by atoms with Gasteiger partial charge in [-0.15, -0.1) is 0 Å². The average Bonchev–Trinajstić information content (AvgIpc) is 3.52. The lowest BCUT2D eigenvalue weighted by atomic mass is 9.97. The van der Waals surface area contributed by atoms with Crippen LogP contribution in [0.4, 0.5) is 10.5 Å². The highest BCUT2D eigenvalue weighted by molar-refractivity contribution is 6.23. The molecular formula is C34H36N4O6. The Hall–Kier alpha value is -4.83. The molecule has 10 heteroatoms. The van der Waals surface area contributed by atoms with Gasteiger partial charge in [0.2, 0.25) is 6.17 Å². The highest BCUT2D eigenvalue weighted by Gasteiger charge is 2.47. The molecular weight excluding hydrogens is 560 g/mol. The molecule has 5 rings (SSSR count). The van der Waals surface area contributed by atoms with E-state index in [2.05, 4.69) is 10.6 Å². The minimum Gasteiger partial charge on any atom is -0.458 e. The second kappa shape index (κ2) is 13.2. The minimum atomic E-state index is -1.63. The summed E-state index contributed by atoms with van der Waals surface area (Å²) in [6.45, 7) is 5.67. The summed E-state index contributed by atoms with van der Waals surface area (Å²) in [5, 5.41) is 5.72. The van der Waals surface area contributed by atoms with E-state index in [1.54, 1.807) is 45.0 Å². The van der Waals surface area contributed by atoms with E-state index in [9.17, 15) is 19.2 Å². The summed E-state index contributed by atoms with van der Waals surface area (Å²) in [5.74, 6) is -2.14. The Labute approximate surface area is 256 Å². The molecule has 1 fully saturated rings. The Balaban J connectivity index is 1.59. The van der Waals surface area contributed by atoms with Crippen LogP contribution in [-0.4, -0.2) is 59.9 Å². The van der Waals surface area contributed by atoms with Crippen LogP contribution >= 0.6 is 0 Å². The van der Waals surface area contributed by atoms with Crippen LogP contribution in [0.1, 0.15) is 50.3 Å². The largest absolute Gasteiger partial charge is 0.458 e. The van der Waals surface area contributed by atoms with Crippen molar-refractivity contribution in [1.82, 2.24) is 10.6 Å². The monoisotopic (exact) mass is 596 g/mol. The van der Waals surface area contributed by atoms with Gasteiger partial charge in [-0.3, -0.25) is 19.8 Å².